The largest absolute Gasteiger partial charge is 0.309 e. The minimum atomic E-state index is -0.0819. The standard InChI is InChI=1S/C43H31NS/c1-43(2)36-20-8-6-19-33(36)42-37(43)21-12-23-39(42)44(31-17-10-15-29(25-31)28-13-4-3-5-14-28)38-22-11-16-30-26-35-32-18-7-9-24-40(32)45-41(35)27-34(30)38/h3-27H,1-2H3. The summed E-state index contributed by atoms with van der Waals surface area (Å²) in [6, 6.07) is 55.9. The molecule has 45 heavy (non-hydrogen) atoms. The molecule has 8 aromatic rings. The molecule has 1 aromatic heterocycles. The lowest BCUT2D eigenvalue weighted by Crippen LogP contribution is -2.16. The molecule has 9 rings (SSSR count). The third-order valence-corrected chi connectivity index (χ3v) is 10.8. The Bertz CT molecular complexity index is 2410. The fraction of sp³-hybridized carbons (Fsp3) is 0.0698. The molecule has 0 amide bonds. The van der Waals surface area contributed by atoms with Gasteiger partial charge in [0.2, 0.25) is 0 Å². The molecule has 0 bridgehead atoms. The number of nitrogens with zero attached hydrogens (tertiary/aromatic N) is 1. The molecule has 0 atom stereocenters. The molecule has 2 heteroatoms. The van der Waals surface area contributed by atoms with Gasteiger partial charge in [0.15, 0.2) is 0 Å². The first-order valence-electron chi connectivity index (χ1n) is 15.6. The van der Waals surface area contributed by atoms with Gasteiger partial charge in [-0.1, -0.05) is 123 Å². The van der Waals surface area contributed by atoms with Crippen molar-refractivity contribution in [2.75, 3.05) is 4.90 Å². The van der Waals surface area contributed by atoms with E-state index in [1.165, 1.54) is 75.7 Å². The van der Waals surface area contributed by atoms with E-state index in [-0.39, 0.29) is 5.41 Å². The van der Waals surface area contributed by atoms with E-state index in [1.54, 1.807) is 0 Å². The summed E-state index contributed by atoms with van der Waals surface area (Å²) in [5.41, 5.74) is 11.3. The fourth-order valence-electron chi connectivity index (χ4n) is 7.46. The summed E-state index contributed by atoms with van der Waals surface area (Å²) >= 11 is 1.88. The monoisotopic (exact) mass is 593 g/mol. The maximum Gasteiger partial charge on any atom is 0.0543 e. The van der Waals surface area contributed by atoms with Gasteiger partial charge in [0.1, 0.15) is 0 Å². The van der Waals surface area contributed by atoms with Gasteiger partial charge in [-0.05, 0) is 75.7 Å². The van der Waals surface area contributed by atoms with Gasteiger partial charge < -0.3 is 4.90 Å². The lowest BCUT2D eigenvalue weighted by Gasteiger charge is -2.30. The Hall–Kier alpha value is -5.18. The highest BCUT2D eigenvalue weighted by Crippen LogP contribution is 2.55. The van der Waals surface area contributed by atoms with E-state index < -0.39 is 0 Å². The van der Waals surface area contributed by atoms with Crippen LogP contribution in [-0.2, 0) is 5.41 Å². The lowest BCUT2D eigenvalue weighted by molar-refractivity contribution is 0.660. The number of rotatable bonds is 4. The second-order valence-electron chi connectivity index (χ2n) is 12.6. The van der Waals surface area contributed by atoms with Crippen molar-refractivity contribution in [1.82, 2.24) is 0 Å². The minimum absolute atomic E-state index is 0.0819. The first-order chi connectivity index (χ1) is 22.1. The van der Waals surface area contributed by atoms with Crippen molar-refractivity contribution in [2.45, 2.75) is 19.3 Å². The maximum atomic E-state index is 2.50. The predicted octanol–water partition coefficient (Wildman–Crippen LogP) is 12.7. The molecule has 0 unspecified atom stereocenters. The molecule has 1 aliphatic rings. The Labute approximate surface area is 267 Å². The summed E-state index contributed by atoms with van der Waals surface area (Å²) in [6.07, 6.45) is 0. The number of hydrogen-bond donors (Lipinski definition) is 0. The Morgan fingerprint density at radius 1 is 0.489 bits per heavy atom. The van der Waals surface area contributed by atoms with E-state index in [0.717, 1.165) is 5.69 Å². The van der Waals surface area contributed by atoms with Crippen molar-refractivity contribution in [3.63, 3.8) is 0 Å². The van der Waals surface area contributed by atoms with Crippen LogP contribution in [0.3, 0.4) is 0 Å². The zero-order chi connectivity index (χ0) is 30.1. The Kier molecular flexibility index (Phi) is 5.78. The zero-order valence-corrected chi connectivity index (χ0v) is 26.1. The van der Waals surface area contributed by atoms with Crippen molar-refractivity contribution >= 4 is 59.3 Å². The average Bonchev–Trinajstić information content (AvgIpc) is 3.56. The molecular weight excluding hydrogens is 563 g/mol. The second-order valence-corrected chi connectivity index (χ2v) is 13.7. The summed E-state index contributed by atoms with van der Waals surface area (Å²) < 4.78 is 2.65. The predicted molar refractivity (Wildman–Crippen MR) is 195 cm³/mol. The highest BCUT2D eigenvalue weighted by Gasteiger charge is 2.37. The molecule has 1 nitrogen and oxygen atoms in total. The Morgan fingerprint density at radius 3 is 2.11 bits per heavy atom. The number of anilines is 3. The van der Waals surface area contributed by atoms with E-state index in [0.29, 0.717) is 0 Å². The van der Waals surface area contributed by atoms with Crippen LogP contribution in [0.5, 0.6) is 0 Å². The highest BCUT2D eigenvalue weighted by atomic mass is 32.1. The van der Waals surface area contributed by atoms with Crippen LogP contribution in [0.2, 0.25) is 0 Å². The molecule has 0 aliphatic heterocycles. The lowest BCUT2D eigenvalue weighted by atomic mass is 9.82. The van der Waals surface area contributed by atoms with Crippen molar-refractivity contribution in [3.8, 4) is 22.3 Å². The molecule has 1 aliphatic carbocycles. The van der Waals surface area contributed by atoms with Crippen molar-refractivity contribution < 1.29 is 0 Å². The minimum Gasteiger partial charge on any atom is -0.309 e. The first-order valence-corrected chi connectivity index (χ1v) is 16.4. The normalized spacial score (nSPS) is 13.3. The molecular formula is C43H31NS. The van der Waals surface area contributed by atoms with Gasteiger partial charge in [-0.2, -0.15) is 0 Å². The summed E-state index contributed by atoms with van der Waals surface area (Å²) in [4.78, 5) is 2.50. The van der Waals surface area contributed by atoms with Crippen LogP contribution in [0.1, 0.15) is 25.0 Å². The van der Waals surface area contributed by atoms with Gasteiger partial charge >= 0.3 is 0 Å². The molecule has 0 saturated carbocycles. The number of fused-ring (bicyclic) bond motifs is 7. The van der Waals surface area contributed by atoms with Crippen molar-refractivity contribution in [3.05, 3.63) is 163 Å². The van der Waals surface area contributed by atoms with Gasteiger partial charge in [-0.25, -0.2) is 0 Å². The summed E-state index contributed by atoms with van der Waals surface area (Å²) in [6.45, 7) is 4.72. The molecule has 0 fully saturated rings. The van der Waals surface area contributed by atoms with Crippen LogP contribution in [0, 0.1) is 0 Å². The van der Waals surface area contributed by atoms with Crippen LogP contribution >= 0.6 is 11.3 Å². The van der Waals surface area contributed by atoms with Crippen molar-refractivity contribution in [2.24, 2.45) is 0 Å². The molecule has 214 valence electrons. The summed E-state index contributed by atoms with van der Waals surface area (Å²) in [5, 5.41) is 5.16. The number of thiophene rings is 1. The summed E-state index contributed by atoms with van der Waals surface area (Å²) in [7, 11) is 0. The van der Waals surface area contributed by atoms with Crippen LogP contribution in [0.15, 0.2) is 152 Å². The fourth-order valence-corrected chi connectivity index (χ4v) is 8.59. The van der Waals surface area contributed by atoms with Gasteiger partial charge in [0, 0.05) is 42.2 Å². The molecule has 0 radical (unpaired) electrons. The van der Waals surface area contributed by atoms with E-state index in [1.807, 2.05) is 11.3 Å². The number of hydrogen-bond acceptors (Lipinski definition) is 2. The third-order valence-electron chi connectivity index (χ3n) is 9.63. The quantitative estimate of drug-likeness (QED) is 0.196. The smallest absolute Gasteiger partial charge is 0.0543 e. The van der Waals surface area contributed by atoms with Crippen LogP contribution < -0.4 is 4.90 Å². The second kappa shape index (κ2) is 9.92. The topological polar surface area (TPSA) is 3.24 Å². The average molecular weight is 594 g/mol. The van der Waals surface area contributed by atoms with Crippen LogP contribution in [-0.4, -0.2) is 0 Å². The van der Waals surface area contributed by atoms with E-state index in [4.69, 9.17) is 0 Å². The van der Waals surface area contributed by atoms with E-state index in [2.05, 4.69) is 170 Å². The van der Waals surface area contributed by atoms with E-state index >= 15 is 0 Å². The molecule has 7 aromatic carbocycles. The van der Waals surface area contributed by atoms with Gasteiger partial charge in [0.25, 0.3) is 0 Å². The zero-order valence-electron chi connectivity index (χ0n) is 25.3. The molecule has 0 N–H and O–H groups in total. The van der Waals surface area contributed by atoms with Gasteiger partial charge in [0.05, 0.1) is 11.4 Å². The van der Waals surface area contributed by atoms with Crippen molar-refractivity contribution in [1.29, 1.82) is 0 Å². The van der Waals surface area contributed by atoms with Gasteiger partial charge in [-0.15, -0.1) is 11.3 Å². The molecule has 0 saturated heterocycles. The van der Waals surface area contributed by atoms with Crippen LogP contribution in [0.4, 0.5) is 17.1 Å². The third kappa shape index (κ3) is 3.99. The van der Waals surface area contributed by atoms with Gasteiger partial charge in [-0.3, -0.25) is 0 Å². The highest BCUT2D eigenvalue weighted by molar-refractivity contribution is 7.25. The SMILES string of the molecule is CC1(C)c2ccccc2-c2c(N(c3cccc(-c4ccccc4)c3)c3cccc4cc5c(cc34)sc3ccccc35)cccc21. The molecule has 0 spiro atoms. The first kappa shape index (κ1) is 26.2. The van der Waals surface area contributed by atoms with E-state index in [9.17, 15) is 0 Å². The summed E-state index contributed by atoms with van der Waals surface area (Å²) in [5.74, 6) is 0. The van der Waals surface area contributed by atoms with Crippen LogP contribution in [0.25, 0.3) is 53.2 Å². The molecule has 1 heterocycles. The Morgan fingerprint density at radius 2 is 1.20 bits per heavy atom. The Balaban J connectivity index is 1.35. The maximum absolute atomic E-state index is 2.50. The number of benzene rings is 7.